The predicted octanol–water partition coefficient (Wildman–Crippen LogP) is 3.46. The monoisotopic (exact) mass is 227 g/mol. The fourth-order valence-corrected chi connectivity index (χ4v) is 2.06. The van der Waals surface area contributed by atoms with Gasteiger partial charge in [-0.1, -0.05) is 19.9 Å². The van der Waals surface area contributed by atoms with Crippen LogP contribution >= 0.6 is 0 Å². The molecule has 0 aliphatic rings. The molecule has 0 radical (unpaired) electrons. The molecule has 0 spiro atoms. The van der Waals surface area contributed by atoms with E-state index in [4.69, 9.17) is 0 Å². The second-order valence-electron chi connectivity index (χ2n) is 4.23. The summed E-state index contributed by atoms with van der Waals surface area (Å²) in [6.45, 7) is 6.77. The molecule has 0 saturated heterocycles. The first-order valence-electron chi connectivity index (χ1n) is 5.73. The van der Waals surface area contributed by atoms with Crippen molar-refractivity contribution >= 4 is 0 Å². The van der Waals surface area contributed by atoms with Crippen molar-refractivity contribution in [1.82, 2.24) is 5.32 Å². The molecule has 0 aromatic heterocycles. The molecule has 2 atom stereocenters. The van der Waals surface area contributed by atoms with Gasteiger partial charge in [0, 0.05) is 11.6 Å². The standard InChI is InChI=1S/C13H19F2N/c1-4-16-10(3)8-9(2)13-11(14)6-5-7-12(13)15/h5-7,9-10,16H,4,8H2,1-3H3. The van der Waals surface area contributed by atoms with E-state index in [0.29, 0.717) is 0 Å². The van der Waals surface area contributed by atoms with E-state index in [9.17, 15) is 8.78 Å². The van der Waals surface area contributed by atoms with Crippen LogP contribution in [-0.2, 0) is 0 Å². The highest BCUT2D eigenvalue weighted by Gasteiger charge is 2.17. The summed E-state index contributed by atoms with van der Waals surface area (Å²) in [5.41, 5.74) is 0.201. The highest BCUT2D eigenvalue weighted by atomic mass is 19.1. The van der Waals surface area contributed by atoms with E-state index in [1.54, 1.807) is 0 Å². The van der Waals surface area contributed by atoms with Gasteiger partial charge in [-0.15, -0.1) is 0 Å². The lowest BCUT2D eigenvalue weighted by atomic mass is 9.93. The molecule has 0 aliphatic heterocycles. The fourth-order valence-electron chi connectivity index (χ4n) is 2.06. The summed E-state index contributed by atoms with van der Waals surface area (Å²) in [5, 5.41) is 3.24. The topological polar surface area (TPSA) is 12.0 Å². The normalized spacial score (nSPS) is 14.8. The summed E-state index contributed by atoms with van der Waals surface area (Å²) in [4.78, 5) is 0. The Balaban J connectivity index is 2.76. The van der Waals surface area contributed by atoms with Gasteiger partial charge in [0.2, 0.25) is 0 Å². The molecule has 0 fully saturated rings. The van der Waals surface area contributed by atoms with E-state index in [-0.39, 0.29) is 17.5 Å². The van der Waals surface area contributed by atoms with Gasteiger partial charge in [0.1, 0.15) is 11.6 Å². The molecule has 1 nitrogen and oxygen atoms in total. The Hall–Kier alpha value is -0.960. The molecule has 1 aromatic carbocycles. The smallest absolute Gasteiger partial charge is 0.129 e. The van der Waals surface area contributed by atoms with Gasteiger partial charge in [-0.3, -0.25) is 0 Å². The summed E-state index contributed by atoms with van der Waals surface area (Å²) >= 11 is 0. The Bertz CT molecular complexity index is 318. The summed E-state index contributed by atoms with van der Waals surface area (Å²) in [7, 11) is 0. The number of rotatable bonds is 5. The van der Waals surface area contributed by atoms with Crippen molar-refractivity contribution in [2.75, 3.05) is 6.54 Å². The molecule has 1 N–H and O–H groups in total. The Morgan fingerprint density at radius 1 is 1.19 bits per heavy atom. The van der Waals surface area contributed by atoms with Crippen molar-refractivity contribution in [3.63, 3.8) is 0 Å². The fraction of sp³-hybridized carbons (Fsp3) is 0.538. The van der Waals surface area contributed by atoms with Gasteiger partial charge in [-0.05, 0) is 37.9 Å². The van der Waals surface area contributed by atoms with E-state index in [0.717, 1.165) is 13.0 Å². The molecule has 0 saturated carbocycles. The van der Waals surface area contributed by atoms with Gasteiger partial charge < -0.3 is 5.32 Å². The summed E-state index contributed by atoms with van der Waals surface area (Å²) in [5.74, 6) is -1.01. The molecule has 3 heteroatoms. The second-order valence-corrected chi connectivity index (χ2v) is 4.23. The highest BCUT2D eigenvalue weighted by Crippen LogP contribution is 2.25. The maximum Gasteiger partial charge on any atom is 0.129 e. The first kappa shape index (κ1) is 13.1. The molecular weight excluding hydrogens is 208 g/mol. The minimum absolute atomic E-state index is 0.116. The minimum atomic E-state index is -0.448. The van der Waals surface area contributed by atoms with Crippen molar-refractivity contribution in [1.29, 1.82) is 0 Å². The van der Waals surface area contributed by atoms with Crippen LogP contribution < -0.4 is 5.32 Å². The third-order valence-electron chi connectivity index (χ3n) is 2.75. The zero-order valence-corrected chi connectivity index (χ0v) is 10.1. The van der Waals surface area contributed by atoms with Crippen molar-refractivity contribution < 1.29 is 8.78 Å². The third kappa shape index (κ3) is 3.27. The van der Waals surface area contributed by atoms with E-state index in [1.165, 1.54) is 18.2 Å². The predicted molar refractivity (Wildman–Crippen MR) is 62.5 cm³/mol. The molecule has 0 heterocycles. The summed E-state index contributed by atoms with van der Waals surface area (Å²) in [6.07, 6.45) is 0.728. The van der Waals surface area contributed by atoms with Crippen LogP contribution in [0.4, 0.5) is 8.78 Å². The Morgan fingerprint density at radius 2 is 1.75 bits per heavy atom. The number of halogens is 2. The van der Waals surface area contributed by atoms with Crippen molar-refractivity contribution in [3.8, 4) is 0 Å². The lowest BCUT2D eigenvalue weighted by Crippen LogP contribution is -2.27. The van der Waals surface area contributed by atoms with E-state index < -0.39 is 11.6 Å². The highest BCUT2D eigenvalue weighted by molar-refractivity contribution is 5.23. The quantitative estimate of drug-likeness (QED) is 0.812. The van der Waals surface area contributed by atoms with Gasteiger partial charge in [0.25, 0.3) is 0 Å². The van der Waals surface area contributed by atoms with Crippen LogP contribution in [0.1, 0.15) is 38.7 Å². The van der Waals surface area contributed by atoms with Gasteiger partial charge in [-0.2, -0.15) is 0 Å². The van der Waals surface area contributed by atoms with Gasteiger partial charge in [0.15, 0.2) is 0 Å². The van der Waals surface area contributed by atoms with Gasteiger partial charge in [-0.25, -0.2) is 8.78 Å². The van der Waals surface area contributed by atoms with Crippen LogP contribution in [0.15, 0.2) is 18.2 Å². The number of nitrogens with one attached hydrogen (secondary N) is 1. The average Bonchev–Trinajstić information content (AvgIpc) is 2.17. The largest absolute Gasteiger partial charge is 0.315 e. The molecule has 0 bridgehead atoms. The Morgan fingerprint density at radius 3 is 2.25 bits per heavy atom. The Kier molecular flexibility index (Phi) is 4.87. The SMILES string of the molecule is CCNC(C)CC(C)c1c(F)cccc1F. The van der Waals surface area contributed by atoms with Gasteiger partial charge in [0.05, 0.1) is 0 Å². The van der Waals surface area contributed by atoms with E-state index in [2.05, 4.69) is 5.32 Å². The average molecular weight is 227 g/mol. The molecule has 2 unspecified atom stereocenters. The van der Waals surface area contributed by atoms with Crippen LogP contribution in [0.2, 0.25) is 0 Å². The summed E-state index contributed by atoms with van der Waals surface area (Å²) < 4.78 is 27.0. The number of hydrogen-bond acceptors (Lipinski definition) is 1. The summed E-state index contributed by atoms with van der Waals surface area (Å²) in [6, 6.07) is 4.29. The third-order valence-corrected chi connectivity index (χ3v) is 2.75. The second kappa shape index (κ2) is 5.94. The van der Waals surface area contributed by atoms with Crippen LogP contribution in [-0.4, -0.2) is 12.6 Å². The molecule has 1 rings (SSSR count). The number of hydrogen-bond donors (Lipinski definition) is 1. The van der Waals surface area contributed by atoms with Crippen LogP contribution in [0.3, 0.4) is 0 Å². The zero-order chi connectivity index (χ0) is 12.1. The van der Waals surface area contributed by atoms with Crippen LogP contribution in [0.25, 0.3) is 0 Å². The Labute approximate surface area is 95.9 Å². The van der Waals surface area contributed by atoms with Crippen molar-refractivity contribution in [2.24, 2.45) is 0 Å². The molecule has 16 heavy (non-hydrogen) atoms. The maximum atomic E-state index is 13.5. The van der Waals surface area contributed by atoms with Gasteiger partial charge >= 0.3 is 0 Å². The molecular formula is C13H19F2N. The minimum Gasteiger partial charge on any atom is -0.315 e. The van der Waals surface area contributed by atoms with Crippen LogP contribution in [0, 0.1) is 11.6 Å². The molecule has 0 aliphatic carbocycles. The number of benzene rings is 1. The maximum absolute atomic E-state index is 13.5. The lowest BCUT2D eigenvalue weighted by molar-refractivity contribution is 0.460. The van der Waals surface area contributed by atoms with E-state index >= 15 is 0 Å². The first-order chi connectivity index (χ1) is 7.56. The van der Waals surface area contributed by atoms with Crippen molar-refractivity contribution in [3.05, 3.63) is 35.4 Å². The molecule has 90 valence electrons. The zero-order valence-electron chi connectivity index (χ0n) is 10.1. The molecule has 0 amide bonds. The first-order valence-corrected chi connectivity index (χ1v) is 5.73. The van der Waals surface area contributed by atoms with E-state index in [1.807, 2.05) is 20.8 Å². The van der Waals surface area contributed by atoms with Crippen LogP contribution in [0.5, 0.6) is 0 Å². The lowest BCUT2D eigenvalue weighted by Gasteiger charge is -2.19. The molecule has 1 aromatic rings. The van der Waals surface area contributed by atoms with Crippen molar-refractivity contribution in [2.45, 2.75) is 39.2 Å².